The molecule has 1 aliphatic heterocycles. The molecule has 198 valence electrons. The zero-order valence-corrected chi connectivity index (χ0v) is 21.3. The predicted molar refractivity (Wildman–Crippen MR) is 142 cm³/mol. The Bertz CT molecular complexity index is 1300. The number of likely N-dealkylation sites (tertiary alicyclic amines) is 1. The molecule has 38 heavy (non-hydrogen) atoms. The molecule has 3 aromatic rings. The van der Waals surface area contributed by atoms with Gasteiger partial charge < -0.3 is 20.1 Å². The monoisotopic (exact) mass is 519 g/mol. The Morgan fingerprint density at radius 1 is 0.974 bits per heavy atom. The minimum absolute atomic E-state index is 0.0868. The molecule has 1 aliphatic rings. The minimum atomic E-state index is -2.13. The van der Waals surface area contributed by atoms with E-state index < -0.39 is 17.5 Å². The second kappa shape index (κ2) is 11.9. The fourth-order valence-corrected chi connectivity index (χ4v) is 4.30. The summed E-state index contributed by atoms with van der Waals surface area (Å²) in [5, 5.41) is 5.55. The SMILES string of the molecule is COC(=O)c1ccc(OCN2CCC[C@]2(F)C(=O)Cc2ccc(NC(=O)Nc3ccccc3C)cc2)cc1. The molecule has 2 amide bonds. The highest BCUT2D eigenvalue weighted by molar-refractivity contribution is 6.00. The summed E-state index contributed by atoms with van der Waals surface area (Å²) >= 11 is 0. The molecule has 0 unspecified atom stereocenters. The van der Waals surface area contributed by atoms with Gasteiger partial charge in [-0.3, -0.25) is 4.79 Å². The molecule has 4 rings (SSSR count). The van der Waals surface area contributed by atoms with Gasteiger partial charge in [-0.25, -0.2) is 18.9 Å². The van der Waals surface area contributed by atoms with E-state index >= 15 is 4.39 Å². The summed E-state index contributed by atoms with van der Waals surface area (Å²) in [5.74, 6) is -2.68. The van der Waals surface area contributed by atoms with Gasteiger partial charge >= 0.3 is 12.0 Å². The molecule has 0 spiro atoms. The van der Waals surface area contributed by atoms with Crippen molar-refractivity contribution in [1.82, 2.24) is 4.90 Å². The molecule has 1 heterocycles. The van der Waals surface area contributed by atoms with Gasteiger partial charge in [0.25, 0.3) is 0 Å². The van der Waals surface area contributed by atoms with E-state index in [1.165, 1.54) is 12.0 Å². The number of esters is 1. The number of alkyl halides is 1. The molecule has 9 heteroatoms. The van der Waals surface area contributed by atoms with Gasteiger partial charge in [-0.05, 0) is 66.9 Å². The van der Waals surface area contributed by atoms with Crippen molar-refractivity contribution >= 4 is 29.2 Å². The lowest BCUT2D eigenvalue weighted by Crippen LogP contribution is -2.49. The van der Waals surface area contributed by atoms with E-state index in [4.69, 9.17) is 4.74 Å². The Hall–Kier alpha value is -4.24. The molecule has 0 bridgehead atoms. The van der Waals surface area contributed by atoms with Gasteiger partial charge in [-0.1, -0.05) is 30.3 Å². The number of ether oxygens (including phenoxy) is 2. The Labute approximate surface area is 220 Å². The van der Waals surface area contributed by atoms with Crippen molar-refractivity contribution in [2.75, 3.05) is 31.0 Å². The van der Waals surface area contributed by atoms with Gasteiger partial charge in [-0.2, -0.15) is 0 Å². The summed E-state index contributed by atoms with van der Waals surface area (Å²) < 4.78 is 26.2. The zero-order chi connectivity index (χ0) is 27.1. The van der Waals surface area contributed by atoms with E-state index in [9.17, 15) is 14.4 Å². The number of aryl methyl sites for hydroxylation is 1. The number of amides is 2. The fraction of sp³-hybridized carbons (Fsp3) is 0.276. The highest BCUT2D eigenvalue weighted by Gasteiger charge is 2.47. The molecule has 1 fully saturated rings. The number of carbonyl (C=O) groups excluding carboxylic acids is 3. The summed E-state index contributed by atoms with van der Waals surface area (Å²) in [6.45, 7) is 2.19. The number of anilines is 2. The third-order valence-electron chi connectivity index (χ3n) is 6.50. The number of nitrogens with zero attached hydrogens (tertiary/aromatic N) is 1. The second-order valence-electron chi connectivity index (χ2n) is 9.11. The van der Waals surface area contributed by atoms with E-state index in [1.54, 1.807) is 48.5 Å². The maximum atomic E-state index is 15.8. The van der Waals surface area contributed by atoms with E-state index in [2.05, 4.69) is 15.4 Å². The van der Waals surface area contributed by atoms with E-state index in [0.29, 0.717) is 41.2 Å². The first-order valence-electron chi connectivity index (χ1n) is 12.3. The number of hydrogen-bond donors (Lipinski definition) is 2. The average Bonchev–Trinajstić information content (AvgIpc) is 3.31. The van der Waals surface area contributed by atoms with Crippen LogP contribution in [0.25, 0.3) is 0 Å². The Morgan fingerprint density at radius 2 is 1.68 bits per heavy atom. The lowest BCUT2D eigenvalue weighted by atomic mass is 9.99. The summed E-state index contributed by atoms with van der Waals surface area (Å²) in [5.41, 5.74) is 3.23. The number of Topliss-reactive ketones (excluding diaryl/α,β-unsaturated/α-hetero) is 1. The van der Waals surface area contributed by atoms with E-state index in [1.807, 2.05) is 31.2 Å². The number of ketones is 1. The molecule has 1 saturated heterocycles. The maximum absolute atomic E-state index is 15.8. The normalized spacial score (nSPS) is 17.0. The second-order valence-corrected chi connectivity index (χ2v) is 9.11. The first kappa shape index (κ1) is 26.8. The van der Waals surface area contributed by atoms with Gasteiger partial charge in [0.05, 0.1) is 12.7 Å². The highest BCUT2D eigenvalue weighted by atomic mass is 19.1. The lowest BCUT2D eigenvalue weighted by Gasteiger charge is -2.29. The van der Waals surface area contributed by atoms with Crippen LogP contribution in [0.1, 0.15) is 34.3 Å². The van der Waals surface area contributed by atoms with Crippen LogP contribution in [0.5, 0.6) is 5.75 Å². The first-order chi connectivity index (χ1) is 18.3. The lowest BCUT2D eigenvalue weighted by molar-refractivity contribution is -0.144. The van der Waals surface area contributed by atoms with Crippen LogP contribution in [0.2, 0.25) is 0 Å². The van der Waals surface area contributed by atoms with Crippen LogP contribution in [0.3, 0.4) is 0 Å². The van der Waals surface area contributed by atoms with Gasteiger partial charge in [0, 0.05) is 30.8 Å². The molecular formula is C29H30FN3O5. The summed E-state index contributed by atoms with van der Waals surface area (Å²) in [7, 11) is 1.30. The van der Waals surface area contributed by atoms with Crippen LogP contribution in [0.4, 0.5) is 20.6 Å². The summed E-state index contributed by atoms with van der Waals surface area (Å²) in [6.07, 6.45) is 0.539. The van der Waals surface area contributed by atoms with Crippen molar-refractivity contribution < 1.29 is 28.2 Å². The van der Waals surface area contributed by atoms with Crippen LogP contribution in [-0.2, 0) is 16.0 Å². The Balaban J connectivity index is 1.31. The van der Waals surface area contributed by atoms with Crippen LogP contribution >= 0.6 is 0 Å². The van der Waals surface area contributed by atoms with Crippen LogP contribution in [-0.4, -0.2) is 48.9 Å². The van der Waals surface area contributed by atoms with E-state index in [-0.39, 0.29) is 25.6 Å². The van der Waals surface area contributed by atoms with Crippen LogP contribution < -0.4 is 15.4 Å². The number of rotatable bonds is 9. The van der Waals surface area contributed by atoms with Crippen LogP contribution in [0, 0.1) is 6.92 Å². The Kier molecular flexibility index (Phi) is 8.38. The largest absolute Gasteiger partial charge is 0.478 e. The Morgan fingerprint density at radius 3 is 2.37 bits per heavy atom. The third kappa shape index (κ3) is 6.36. The average molecular weight is 520 g/mol. The predicted octanol–water partition coefficient (Wildman–Crippen LogP) is 5.34. The molecule has 0 radical (unpaired) electrons. The van der Waals surface area contributed by atoms with Gasteiger partial charge in [0.2, 0.25) is 5.79 Å². The number of para-hydroxylation sites is 1. The van der Waals surface area contributed by atoms with Crippen molar-refractivity contribution in [3.05, 3.63) is 89.5 Å². The number of halogens is 1. The molecule has 8 nitrogen and oxygen atoms in total. The number of nitrogens with one attached hydrogen (secondary N) is 2. The number of carbonyl (C=O) groups is 3. The van der Waals surface area contributed by atoms with Crippen molar-refractivity contribution in [3.63, 3.8) is 0 Å². The standard InChI is InChI=1S/C29H30FN3O5/c1-20-6-3-4-7-25(20)32-28(36)31-23-12-8-21(9-13-23)18-26(34)29(30)16-5-17-33(29)19-38-24-14-10-22(11-15-24)27(35)37-2/h3-4,6-15H,5,16-19H2,1-2H3,(H2,31,32,36)/t29-/m1/s1. The number of hydrogen-bond acceptors (Lipinski definition) is 6. The fourth-order valence-electron chi connectivity index (χ4n) is 4.30. The van der Waals surface area contributed by atoms with Gasteiger partial charge in [0.1, 0.15) is 12.5 Å². The van der Waals surface area contributed by atoms with Crippen molar-refractivity contribution in [1.29, 1.82) is 0 Å². The van der Waals surface area contributed by atoms with Gasteiger partial charge in [-0.15, -0.1) is 0 Å². The molecular weight excluding hydrogens is 489 g/mol. The first-order valence-corrected chi connectivity index (χ1v) is 12.3. The van der Waals surface area contributed by atoms with Crippen molar-refractivity contribution in [2.24, 2.45) is 0 Å². The van der Waals surface area contributed by atoms with Crippen LogP contribution in [0.15, 0.2) is 72.8 Å². The summed E-state index contributed by atoms with van der Waals surface area (Å²) in [4.78, 5) is 38.3. The highest BCUT2D eigenvalue weighted by Crippen LogP contribution is 2.33. The smallest absolute Gasteiger partial charge is 0.337 e. The van der Waals surface area contributed by atoms with E-state index in [0.717, 1.165) is 5.56 Å². The van der Waals surface area contributed by atoms with Crippen molar-refractivity contribution in [2.45, 2.75) is 32.0 Å². The van der Waals surface area contributed by atoms with Gasteiger partial charge in [0.15, 0.2) is 5.78 Å². The quantitative estimate of drug-likeness (QED) is 0.293. The minimum Gasteiger partial charge on any atom is -0.478 e. The molecule has 2 N–H and O–H groups in total. The number of methoxy groups -OCH3 is 1. The molecule has 0 aromatic heterocycles. The third-order valence-corrected chi connectivity index (χ3v) is 6.50. The van der Waals surface area contributed by atoms with Crippen molar-refractivity contribution in [3.8, 4) is 5.75 Å². The number of urea groups is 1. The zero-order valence-electron chi connectivity index (χ0n) is 21.3. The maximum Gasteiger partial charge on any atom is 0.337 e. The number of benzene rings is 3. The topological polar surface area (TPSA) is 97.0 Å². The molecule has 1 atom stereocenters. The molecule has 3 aromatic carbocycles. The molecule has 0 saturated carbocycles. The molecule has 0 aliphatic carbocycles. The summed E-state index contributed by atoms with van der Waals surface area (Å²) in [6, 6.07) is 20.1.